The SMILES string of the molecule is CCc1nc2c(C)cccn2c1C(=O)Nc1cc(Cl)ccc1Cl. The Labute approximate surface area is 144 Å². The van der Waals surface area contributed by atoms with Crippen molar-refractivity contribution in [2.24, 2.45) is 0 Å². The zero-order valence-corrected chi connectivity index (χ0v) is 14.2. The van der Waals surface area contributed by atoms with Crippen molar-refractivity contribution in [1.29, 1.82) is 0 Å². The second-order valence-corrected chi connectivity index (χ2v) is 6.07. The molecule has 0 unspecified atom stereocenters. The van der Waals surface area contributed by atoms with E-state index in [1.165, 1.54) is 0 Å². The van der Waals surface area contributed by atoms with Gasteiger partial charge in [-0.3, -0.25) is 9.20 Å². The minimum absolute atomic E-state index is 0.260. The quantitative estimate of drug-likeness (QED) is 0.741. The van der Waals surface area contributed by atoms with Crippen molar-refractivity contribution >= 4 is 40.4 Å². The first-order valence-electron chi connectivity index (χ1n) is 7.24. The summed E-state index contributed by atoms with van der Waals surface area (Å²) in [6.07, 6.45) is 2.50. The molecule has 0 bridgehead atoms. The molecule has 1 amide bonds. The molecule has 0 aliphatic rings. The van der Waals surface area contributed by atoms with Crippen LogP contribution in [0.2, 0.25) is 10.0 Å². The van der Waals surface area contributed by atoms with E-state index in [0.29, 0.717) is 27.8 Å². The maximum Gasteiger partial charge on any atom is 0.274 e. The van der Waals surface area contributed by atoms with Crippen molar-refractivity contribution in [3.8, 4) is 0 Å². The van der Waals surface area contributed by atoms with Crippen LogP contribution in [0, 0.1) is 6.92 Å². The molecular formula is C17H15Cl2N3O. The Bertz CT molecular complexity index is 902. The lowest BCUT2D eigenvalue weighted by Crippen LogP contribution is -2.16. The van der Waals surface area contributed by atoms with Gasteiger partial charge in [0, 0.05) is 11.2 Å². The first kappa shape index (κ1) is 15.8. The van der Waals surface area contributed by atoms with Gasteiger partial charge in [0.2, 0.25) is 0 Å². The van der Waals surface area contributed by atoms with Gasteiger partial charge in [0.05, 0.1) is 16.4 Å². The summed E-state index contributed by atoms with van der Waals surface area (Å²) >= 11 is 12.1. The highest BCUT2D eigenvalue weighted by molar-refractivity contribution is 6.35. The van der Waals surface area contributed by atoms with Crippen LogP contribution in [-0.4, -0.2) is 15.3 Å². The van der Waals surface area contributed by atoms with Crippen molar-refractivity contribution in [3.05, 3.63) is 63.5 Å². The highest BCUT2D eigenvalue weighted by Crippen LogP contribution is 2.26. The molecule has 2 heterocycles. The van der Waals surface area contributed by atoms with E-state index >= 15 is 0 Å². The van der Waals surface area contributed by atoms with Gasteiger partial charge in [0.1, 0.15) is 11.3 Å². The molecule has 2 aromatic heterocycles. The Morgan fingerprint density at radius 2 is 2.09 bits per heavy atom. The number of carbonyl (C=O) groups excluding carboxylic acids is 1. The Morgan fingerprint density at radius 1 is 1.30 bits per heavy atom. The van der Waals surface area contributed by atoms with E-state index in [1.807, 2.05) is 36.6 Å². The van der Waals surface area contributed by atoms with Gasteiger partial charge in [-0.25, -0.2) is 4.98 Å². The molecule has 3 aromatic rings. The summed E-state index contributed by atoms with van der Waals surface area (Å²) < 4.78 is 1.81. The standard InChI is InChI=1S/C17H15Cl2N3O/c1-3-13-15(22-8-4-5-10(2)16(22)20-13)17(23)21-14-9-11(18)6-7-12(14)19/h4-9H,3H2,1-2H3,(H,21,23). The van der Waals surface area contributed by atoms with Gasteiger partial charge in [-0.2, -0.15) is 0 Å². The number of nitrogens with zero attached hydrogens (tertiary/aromatic N) is 2. The number of aromatic nitrogens is 2. The number of amides is 1. The minimum Gasteiger partial charge on any atom is -0.319 e. The van der Waals surface area contributed by atoms with E-state index in [-0.39, 0.29) is 5.91 Å². The van der Waals surface area contributed by atoms with Gasteiger partial charge in [0.15, 0.2) is 0 Å². The van der Waals surface area contributed by atoms with Crippen molar-refractivity contribution in [2.45, 2.75) is 20.3 Å². The molecule has 0 spiro atoms. The summed E-state index contributed by atoms with van der Waals surface area (Å²) in [5.41, 5.74) is 3.54. The lowest BCUT2D eigenvalue weighted by atomic mass is 10.2. The zero-order chi connectivity index (χ0) is 16.6. The summed E-state index contributed by atoms with van der Waals surface area (Å²) in [7, 11) is 0. The zero-order valence-electron chi connectivity index (χ0n) is 12.7. The molecule has 0 fully saturated rings. The Kier molecular flexibility index (Phi) is 4.28. The molecule has 0 aliphatic carbocycles. The third-order valence-electron chi connectivity index (χ3n) is 3.64. The maximum absolute atomic E-state index is 12.8. The average Bonchev–Trinajstić information content (AvgIpc) is 2.91. The predicted octanol–water partition coefficient (Wildman–Crippen LogP) is 4.76. The summed E-state index contributed by atoms with van der Waals surface area (Å²) in [5, 5.41) is 3.77. The van der Waals surface area contributed by atoms with E-state index in [4.69, 9.17) is 23.2 Å². The normalized spacial score (nSPS) is 11.0. The second-order valence-electron chi connectivity index (χ2n) is 5.22. The van der Waals surface area contributed by atoms with Gasteiger partial charge < -0.3 is 5.32 Å². The van der Waals surface area contributed by atoms with Crippen LogP contribution >= 0.6 is 23.2 Å². The third-order valence-corrected chi connectivity index (χ3v) is 4.21. The van der Waals surface area contributed by atoms with E-state index in [9.17, 15) is 4.79 Å². The van der Waals surface area contributed by atoms with Crippen LogP contribution in [0.3, 0.4) is 0 Å². The number of imidazole rings is 1. The summed E-state index contributed by atoms with van der Waals surface area (Å²) in [6, 6.07) is 8.82. The molecule has 0 saturated carbocycles. The number of nitrogens with one attached hydrogen (secondary N) is 1. The molecule has 0 aliphatic heterocycles. The van der Waals surface area contributed by atoms with Crippen molar-refractivity contribution in [1.82, 2.24) is 9.38 Å². The van der Waals surface area contributed by atoms with Gasteiger partial charge in [-0.1, -0.05) is 36.2 Å². The molecule has 0 atom stereocenters. The molecule has 1 N–H and O–H groups in total. The number of carbonyl (C=O) groups is 1. The maximum atomic E-state index is 12.8. The van der Waals surface area contributed by atoms with E-state index < -0.39 is 0 Å². The van der Waals surface area contributed by atoms with Gasteiger partial charge in [-0.05, 0) is 43.2 Å². The molecule has 6 heteroatoms. The lowest BCUT2D eigenvalue weighted by Gasteiger charge is -2.09. The van der Waals surface area contributed by atoms with E-state index in [0.717, 1.165) is 16.9 Å². The number of pyridine rings is 1. The summed E-state index contributed by atoms with van der Waals surface area (Å²) in [5.74, 6) is -0.260. The third kappa shape index (κ3) is 2.92. The van der Waals surface area contributed by atoms with Gasteiger partial charge >= 0.3 is 0 Å². The number of aryl methyl sites for hydroxylation is 2. The topological polar surface area (TPSA) is 46.4 Å². The van der Waals surface area contributed by atoms with Crippen molar-refractivity contribution in [2.75, 3.05) is 5.32 Å². The molecule has 23 heavy (non-hydrogen) atoms. The second kappa shape index (κ2) is 6.22. The highest BCUT2D eigenvalue weighted by Gasteiger charge is 2.19. The van der Waals surface area contributed by atoms with Gasteiger partial charge in [0.25, 0.3) is 5.91 Å². The Morgan fingerprint density at radius 3 is 2.83 bits per heavy atom. The molecule has 3 rings (SSSR count). The van der Waals surface area contributed by atoms with Crippen molar-refractivity contribution in [3.63, 3.8) is 0 Å². The number of halogens is 2. The number of benzene rings is 1. The van der Waals surface area contributed by atoms with E-state index in [2.05, 4.69) is 10.3 Å². The first-order valence-corrected chi connectivity index (χ1v) is 7.99. The van der Waals surface area contributed by atoms with Crippen LogP contribution in [0.25, 0.3) is 5.65 Å². The Hall–Kier alpha value is -2.04. The smallest absolute Gasteiger partial charge is 0.274 e. The molecule has 0 saturated heterocycles. The van der Waals surface area contributed by atoms with Crippen LogP contribution in [-0.2, 0) is 6.42 Å². The fourth-order valence-corrected chi connectivity index (χ4v) is 2.85. The molecule has 118 valence electrons. The molecular weight excluding hydrogens is 333 g/mol. The minimum atomic E-state index is -0.260. The monoisotopic (exact) mass is 347 g/mol. The molecule has 1 aromatic carbocycles. The van der Waals surface area contributed by atoms with E-state index in [1.54, 1.807) is 18.2 Å². The lowest BCUT2D eigenvalue weighted by molar-refractivity contribution is 0.102. The molecule has 4 nitrogen and oxygen atoms in total. The Balaban J connectivity index is 2.07. The van der Waals surface area contributed by atoms with Crippen molar-refractivity contribution < 1.29 is 4.79 Å². The van der Waals surface area contributed by atoms with Crippen LogP contribution in [0.4, 0.5) is 5.69 Å². The van der Waals surface area contributed by atoms with Crippen LogP contribution < -0.4 is 5.32 Å². The highest BCUT2D eigenvalue weighted by atomic mass is 35.5. The first-order chi connectivity index (χ1) is 11.0. The number of anilines is 1. The van der Waals surface area contributed by atoms with Gasteiger partial charge in [-0.15, -0.1) is 0 Å². The largest absolute Gasteiger partial charge is 0.319 e. The van der Waals surface area contributed by atoms with Crippen LogP contribution in [0.5, 0.6) is 0 Å². The number of hydrogen-bond donors (Lipinski definition) is 1. The number of hydrogen-bond acceptors (Lipinski definition) is 2. The average molecular weight is 348 g/mol. The van der Waals surface area contributed by atoms with Crippen LogP contribution in [0.1, 0.15) is 28.7 Å². The molecule has 0 radical (unpaired) electrons. The predicted molar refractivity (Wildman–Crippen MR) is 93.7 cm³/mol. The number of rotatable bonds is 3. The summed E-state index contributed by atoms with van der Waals surface area (Å²) in [4.78, 5) is 17.3. The van der Waals surface area contributed by atoms with Crippen LogP contribution in [0.15, 0.2) is 36.5 Å². The fourth-order valence-electron chi connectivity index (χ4n) is 2.51. The number of fused-ring (bicyclic) bond motifs is 1. The summed E-state index contributed by atoms with van der Waals surface area (Å²) in [6.45, 7) is 3.94. The fraction of sp³-hybridized carbons (Fsp3) is 0.176.